The zero-order valence-corrected chi connectivity index (χ0v) is 13.0. The largest absolute Gasteiger partial charge is 0.378 e. The van der Waals surface area contributed by atoms with Crippen LogP contribution in [0.5, 0.6) is 0 Å². The van der Waals surface area contributed by atoms with Crippen LogP contribution in [-0.4, -0.2) is 25.3 Å². The van der Waals surface area contributed by atoms with E-state index in [0.29, 0.717) is 12.1 Å². The Kier molecular flexibility index (Phi) is 6.66. The van der Waals surface area contributed by atoms with Crippen molar-refractivity contribution >= 4 is 0 Å². The van der Waals surface area contributed by atoms with Crippen molar-refractivity contribution in [1.29, 1.82) is 0 Å². The van der Waals surface area contributed by atoms with Gasteiger partial charge in [-0.1, -0.05) is 39.5 Å². The molecule has 0 radical (unpaired) electrons. The SMILES string of the molecule is CCCNC(C1CCCCCC1)C1CCOC1CC. The van der Waals surface area contributed by atoms with Crippen LogP contribution < -0.4 is 5.32 Å². The topological polar surface area (TPSA) is 21.3 Å². The predicted octanol–water partition coefficient (Wildman–Crippen LogP) is 4.14. The standard InChI is InChI=1S/C17H33NO/c1-3-12-18-17(14-9-7-5-6-8-10-14)15-11-13-19-16(15)4-2/h14-18H,3-13H2,1-2H3. The Balaban J connectivity index is 2.00. The third-order valence-corrected chi connectivity index (χ3v) is 5.16. The summed E-state index contributed by atoms with van der Waals surface area (Å²) in [5, 5.41) is 3.89. The van der Waals surface area contributed by atoms with Gasteiger partial charge in [0.25, 0.3) is 0 Å². The molecule has 3 atom stereocenters. The van der Waals surface area contributed by atoms with Crippen molar-refractivity contribution in [2.24, 2.45) is 11.8 Å². The third-order valence-electron chi connectivity index (χ3n) is 5.16. The molecule has 1 N–H and O–H groups in total. The zero-order chi connectivity index (χ0) is 13.5. The van der Waals surface area contributed by atoms with Crippen molar-refractivity contribution in [2.75, 3.05) is 13.2 Å². The first kappa shape index (κ1) is 15.3. The predicted molar refractivity (Wildman–Crippen MR) is 81.4 cm³/mol. The lowest BCUT2D eigenvalue weighted by atomic mass is 9.79. The highest BCUT2D eigenvalue weighted by atomic mass is 16.5. The summed E-state index contributed by atoms with van der Waals surface area (Å²) in [6.07, 6.45) is 12.9. The van der Waals surface area contributed by atoms with Gasteiger partial charge in [0.2, 0.25) is 0 Å². The van der Waals surface area contributed by atoms with E-state index in [4.69, 9.17) is 4.74 Å². The quantitative estimate of drug-likeness (QED) is 0.730. The molecule has 1 saturated carbocycles. The lowest BCUT2D eigenvalue weighted by molar-refractivity contribution is 0.0674. The number of hydrogen-bond acceptors (Lipinski definition) is 2. The fourth-order valence-corrected chi connectivity index (χ4v) is 4.15. The Morgan fingerprint density at radius 1 is 1.05 bits per heavy atom. The van der Waals surface area contributed by atoms with E-state index in [0.717, 1.165) is 18.4 Å². The first-order valence-corrected chi connectivity index (χ1v) is 8.71. The van der Waals surface area contributed by atoms with Crippen LogP contribution in [0.15, 0.2) is 0 Å². The summed E-state index contributed by atoms with van der Waals surface area (Å²) in [6.45, 7) is 6.72. The summed E-state index contributed by atoms with van der Waals surface area (Å²) in [7, 11) is 0. The maximum Gasteiger partial charge on any atom is 0.0616 e. The minimum atomic E-state index is 0.512. The summed E-state index contributed by atoms with van der Waals surface area (Å²) in [5.41, 5.74) is 0. The Bertz CT molecular complexity index is 235. The molecular formula is C17H33NO. The fraction of sp³-hybridized carbons (Fsp3) is 1.00. The average molecular weight is 267 g/mol. The number of hydrogen-bond donors (Lipinski definition) is 1. The maximum absolute atomic E-state index is 5.96. The van der Waals surface area contributed by atoms with Crippen LogP contribution in [0, 0.1) is 11.8 Å². The summed E-state index contributed by atoms with van der Waals surface area (Å²) < 4.78 is 5.96. The van der Waals surface area contributed by atoms with Crippen molar-refractivity contribution in [3.8, 4) is 0 Å². The molecule has 3 unspecified atom stereocenters. The minimum Gasteiger partial charge on any atom is -0.378 e. The van der Waals surface area contributed by atoms with Crippen LogP contribution in [0.3, 0.4) is 0 Å². The van der Waals surface area contributed by atoms with Crippen LogP contribution in [0.25, 0.3) is 0 Å². The Labute approximate surface area is 119 Å². The molecule has 2 aliphatic rings. The summed E-state index contributed by atoms with van der Waals surface area (Å²) >= 11 is 0. The second-order valence-electron chi connectivity index (χ2n) is 6.50. The van der Waals surface area contributed by atoms with Crippen molar-refractivity contribution in [1.82, 2.24) is 5.32 Å². The molecule has 0 aromatic rings. The van der Waals surface area contributed by atoms with Gasteiger partial charge in [0, 0.05) is 18.6 Å². The van der Waals surface area contributed by atoms with Crippen LogP contribution in [0.4, 0.5) is 0 Å². The molecule has 0 aromatic carbocycles. The summed E-state index contributed by atoms with van der Waals surface area (Å²) in [4.78, 5) is 0. The Hall–Kier alpha value is -0.0800. The highest BCUT2D eigenvalue weighted by Gasteiger charge is 2.37. The zero-order valence-electron chi connectivity index (χ0n) is 13.0. The van der Waals surface area contributed by atoms with E-state index < -0.39 is 0 Å². The van der Waals surface area contributed by atoms with Crippen molar-refractivity contribution in [3.63, 3.8) is 0 Å². The van der Waals surface area contributed by atoms with Crippen molar-refractivity contribution in [3.05, 3.63) is 0 Å². The Morgan fingerprint density at radius 2 is 1.79 bits per heavy atom. The fourth-order valence-electron chi connectivity index (χ4n) is 4.15. The first-order chi connectivity index (χ1) is 9.36. The molecule has 1 aliphatic carbocycles. The van der Waals surface area contributed by atoms with Gasteiger partial charge in [-0.05, 0) is 44.6 Å². The Morgan fingerprint density at radius 3 is 2.42 bits per heavy atom. The first-order valence-electron chi connectivity index (χ1n) is 8.71. The highest BCUT2D eigenvalue weighted by molar-refractivity contribution is 4.90. The molecule has 0 aromatic heterocycles. The van der Waals surface area contributed by atoms with Gasteiger partial charge in [0.15, 0.2) is 0 Å². The minimum absolute atomic E-state index is 0.512. The second kappa shape index (κ2) is 8.26. The summed E-state index contributed by atoms with van der Waals surface area (Å²) in [5.74, 6) is 1.66. The van der Waals surface area contributed by atoms with Gasteiger partial charge in [-0.25, -0.2) is 0 Å². The molecule has 1 saturated heterocycles. The molecule has 0 bridgehead atoms. The number of nitrogens with one attached hydrogen (secondary N) is 1. The van der Waals surface area contributed by atoms with Gasteiger partial charge >= 0.3 is 0 Å². The second-order valence-corrected chi connectivity index (χ2v) is 6.50. The van der Waals surface area contributed by atoms with Gasteiger partial charge in [-0.2, -0.15) is 0 Å². The normalized spacial score (nSPS) is 31.3. The molecule has 2 fully saturated rings. The maximum atomic E-state index is 5.96. The van der Waals surface area contributed by atoms with Gasteiger partial charge in [-0.15, -0.1) is 0 Å². The number of rotatable bonds is 6. The van der Waals surface area contributed by atoms with Gasteiger partial charge in [0.1, 0.15) is 0 Å². The summed E-state index contributed by atoms with van der Waals surface area (Å²) in [6, 6.07) is 0.713. The molecule has 19 heavy (non-hydrogen) atoms. The van der Waals surface area contributed by atoms with E-state index in [1.54, 1.807) is 0 Å². The lowest BCUT2D eigenvalue weighted by Crippen LogP contribution is -2.45. The van der Waals surface area contributed by atoms with E-state index in [1.165, 1.54) is 64.3 Å². The molecule has 0 spiro atoms. The van der Waals surface area contributed by atoms with E-state index in [9.17, 15) is 0 Å². The monoisotopic (exact) mass is 267 g/mol. The van der Waals surface area contributed by atoms with Crippen LogP contribution >= 0.6 is 0 Å². The van der Waals surface area contributed by atoms with Gasteiger partial charge in [-0.3, -0.25) is 0 Å². The molecule has 1 aliphatic heterocycles. The third kappa shape index (κ3) is 4.19. The number of ether oxygens (including phenoxy) is 1. The van der Waals surface area contributed by atoms with Crippen LogP contribution in [0.2, 0.25) is 0 Å². The molecule has 2 nitrogen and oxygen atoms in total. The lowest BCUT2D eigenvalue weighted by Gasteiger charge is -2.34. The molecule has 2 heteroatoms. The molecule has 1 heterocycles. The van der Waals surface area contributed by atoms with Crippen LogP contribution in [0.1, 0.15) is 71.6 Å². The van der Waals surface area contributed by atoms with Crippen molar-refractivity contribution < 1.29 is 4.74 Å². The molecule has 2 rings (SSSR count). The van der Waals surface area contributed by atoms with Crippen LogP contribution in [-0.2, 0) is 4.74 Å². The average Bonchev–Trinajstić information content (AvgIpc) is 2.74. The van der Waals surface area contributed by atoms with E-state index in [-0.39, 0.29) is 0 Å². The smallest absolute Gasteiger partial charge is 0.0616 e. The van der Waals surface area contributed by atoms with E-state index in [1.807, 2.05) is 0 Å². The molecule has 0 amide bonds. The van der Waals surface area contributed by atoms with Gasteiger partial charge < -0.3 is 10.1 Å². The van der Waals surface area contributed by atoms with E-state index in [2.05, 4.69) is 19.2 Å². The van der Waals surface area contributed by atoms with E-state index >= 15 is 0 Å². The van der Waals surface area contributed by atoms with Crippen molar-refractivity contribution in [2.45, 2.75) is 83.8 Å². The van der Waals surface area contributed by atoms with Gasteiger partial charge in [0.05, 0.1) is 6.10 Å². The highest BCUT2D eigenvalue weighted by Crippen LogP contribution is 2.35. The molecular weight excluding hydrogens is 234 g/mol. The molecule has 112 valence electrons.